The van der Waals surface area contributed by atoms with E-state index in [4.69, 9.17) is 17.3 Å². The van der Waals surface area contributed by atoms with Crippen LogP contribution in [0.2, 0.25) is 5.28 Å². The number of nitrogens with two attached hydrogens (primary N) is 1. The predicted molar refractivity (Wildman–Crippen MR) is 59.4 cm³/mol. The van der Waals surface area contributed by atoms with E-state index in [1.807, 2.05) is 31.2 Å². The zero-order valence-electron chi connectivity index (χ0n) is 8.11. The molecule has 1 heterocycles. The van der Waals surface area contributed by atoms with Gasteiger partial charge in [0.05, 0.1) is 0 Å². The van der Waals surface area contributed by atoms with Crippen molar-refractivity contribution in [3.63, 3.8) is 0 Å². The van der Waals surface area contributed by atoms with Gasteiger partial charge >= 0.3 is 0 Å². The van der Waals surface area contributed by atoms with Gasteiger partial charge in [-0.1, -0.05) is 23.8 Å². The second-order valence-electron chi connectivity index (χ2n) is 3.16. The van der Waals surface area contributed by atoms with Gasteiger partial charge in [-0.2, -0.15) is 15.0 Å². The molecule has 2 N–H and O–H groups in total. The number of rotatable bonds is 1. The zero-order valence-corrected chi connectivity index (χ0v) is 8.86. The quantitative estimate of drug-likeness (QED) is 0.799. The molecule has 1 aromatic carbocycles. The molecule has 0 atom stereocenters. The highest BCUT2D eigenvalue weighted by Crippen LogP contribution is 2.17. The lowest BCUT2D eigenvalue weighted by Crippen LogP contribution is -1.99. The van der Waals surface area contributed by atoms with Crippen molar-refractivity contribution in [1.29, 1.82) is 0 Å². The summed E-state index contributed by atoms with van der Waals surface area (Å²) in [6.07, 6.45) is 0. The summed E-state index contributed by atoms with van der Waals surface area (Å²) in [5, 5.41) is 0.110. The summed E-state index contributed by atoms with van der Waals surface area (Å²) in [6, 6.07) is 7.79. The summed E-state index contributed by atoms with van der Waals surface area (Å²) in [4.78, 5) is 11.7. The van der Waals surface area contributed by atoms with E-state index in [1.54, 1.807) is 0 Å². The van der Waals surface area contributed by atoms with E-state index in [2.05, 4.69) is 15.0 Å². The Morgan fingerprint density at radius 3 is 2.67 bits per heavy atom. The first-order chi connectivity index (χ1) is 7.15. The van der Waals surface area contributed by atoms with Gasteiger partial charge in [-0.25, -0.2) is 0 Å². The molecule has 0 radical (unpaired) electrons. The number of benzene rings is 1. The first-order valence-electron chi connectivity index (χ1n) is 4.39. The minimum atomic E-state index is 0.110. The molecule has 0 amide bonds. The number of nitrogen functional groups attached to an aromatic ring is 1. The van der Waals surface area contributed by atoms with Crippen molar-refractivity contribution in [1.82, 2.24) is 15.0 Å². The van der Waals surface area contributed by atoms with E-state index in [9.17, 15) is 0 Å². The SMILES string of the molecule is Cc1cccc(-c2nc(N)nc(Cl)n2)c1. The first-order valence-corrected chi connectivity index (χ1v) is 4.77. The van der Waals surface area contributed by atoms with Crippen LogP contribution in [0.4, 0.5) is 5.95 Å². The Morgan fingerprint density at radius 1 is 1.20 bits per heavy atom. The molecule has 0 fully saturated rings. The molecular formula is C10H9ClN4. The van der Waals surface area contributed by atoms with Gasteiger partial charge in [0.25, 0.3) is 0 Å². The van der Waals surface area contributed by atoms with Crippen molar-refractivity contribution in [2.45, 2.75) is 6.92 Å². The van der Waals surface area contributed by atoms with E-state index in [0.29, 0.717) is 5.82 Å². The molecule has 76 valence electrons. The third-order valence-corrected chi connectivity index (χ3v) is 2.07. The zero-order chi connectivity index (χ0) is 10.8. The minimum Gasteiger partial charge on any atom is -0.368 e. The van der Waals surface area contributed by atoms with Crippen LogP contribution in [0.25, 0.3) is 11.4 Å². The Bertz CT molecular complexity index is 478. The van der Waals surface area contributed by atoms with Crippen LogP contribution in [-0.2, 0) is 0 Å². The summed E-state index contributed by atoms with van der Waals surface area (Å²) in [6.45, 7) is 2.00. The van der Waals surface area contributed by atoms with Crippen LogP contribution in [-0.4, -0.2) is 15.0 Å². The van der Waals surface area contributed by atoms with Gasteiger partial charge < -0.3 is 5.73 Å². The minimum absolute atomic E-state index is 0.110. The van der Waals surface area contributed by atoms with Crippen LogP contribution in [0, 0.1) is 6.92 Å². The highest BCUT2D eigenvalue weighted by Gasteiger charge is 2.04. The van der Waals surface area contributed by atoms with Gasteiger partial charge in [0.1, 0.15) is 0 Å². The summed E-state index contributed by atoms with van der Waals surface area (Å²) < 4.78 is 0. The Morgan fingerprint density at radius 2 is 2.00 bits per heavy atom. The largest absolute Gasteiger partial charge is 0.368 e. The van der Waals surface area contributed by atoms with Crippen LogP contribution in [0.15, 0.2) is 24.3 Å². The lowest BCUT2D eigenvalue weighted by molar-refractivity contribution is 1.07. The maximum absolute atomic E-state index is 5.70. The first kappa shape index (κ1) is 9.86. The van der Waals surface area contributed by atoms with E-state index >= 15 is 0 Å². The fourth-order valence-electron chi connectivity index (χ4n) is 1.28. The highest BCUT2D eigenvalue weighted by molar-refractivity contribution is 6.28. The monoisotopic (exact) mass is 220 g/mol. The fourth-order valence-corrected chi connectivity index (χ4v) is 1.45. The van der Waals surface area contributed by atoms with Crippen molar-refractivity contribution in [3.05, 3.63) is 35.1 Å². The molecule has 2 aromatic rings. The van der Waals surface area contributed by atoms with E-state index in [-0.39, 0.29) is 11.2 Å². The average Bonchev–Trinajstić information content (AvgIpc) is 2.16. The van der Waals surface area contributed by atoms with Gasteiger partial charge in [-0.15, -0.1) is 0 Å². The smallest absolute Gasteiger partial charge is 0.227 e. The number of anilines is 1. The van der Waals surface area contributed by atoms with Gasteiger partial charge in [-0.05, 0) is 24.6 Å². The summed E-state index contributed by atoms with van der Waals surface area (Å²) in [7, 11) is 0. The molecule has 0 saturated heterocycles. The fraction of sp³-hybridized carbons (Fsp3) is 0.100. The van der Waals surface area contributed by atoms with Crippen LogP contribution in [0.3, 0.4) is 0 Å². The van der Waals surface area contributed by atoms with Crippen molar-refractivity contribution in [2.24, 2.45) is 0 Å². The lowest BCUT2D eigenvalue weighted by atomic mass is 10.1. The Hall–Kier alpha value is -1.68. The Balaban J connectivity index is 2.54. The second-order valence-corrected chi connectivity index (χ2v) is 3.49. The van der Waals surface area contributed by atoms with Crippen molar-refractivity contribution >= 4 is 17.5 Å². The third-order valence-electron chi connectivity index (χ3n) is 1.90. The van der Waals surface area contributed by atoms with Gasteiger partial charge in [0.15, 0.2) is 5.82 Å². The summed E-state index contributed by atoms with van der Waals surface area (Å²) in [5.74, 6) is 0.628. The molecular weight excluding hydrogens is 212 g/mol. The molecule has 0 spiro atoms. The van der Waals surface area contributed by atoms with E-state index < -0.39 is 0 Å². The molecule has 0 unspecified atom stereocenters. The van der Waals surface area contributed by atoms with Gasteiger partial charge in [-0.3, -0.25) is 0 Å². The van der Waals surface area contributed by atoms with Crippen molar-refractivity contribution < 1.29 is 0 Å². The highest BCUT2D eigenvalue weighted by atomic mass is 35.5. The third kappa shape index (κ3) is 2.22. The van der Waals surface area contributed by atoms with Crippen molar-refractivity contribution in [2.75, 3.05) is 5.73 Å². The standard InChI is InChI=1S/C10H9ClN4/c1-6-3-2-4-7(5-6)8-13-9(11)15-10(12)14-8/h2-5H,1H3,(H2,12,13,14,15). The summed E-state index contributed by atoms with van der Waals surface area (Å²) in [5.41, 5.74) is 7.50. The predicted octanol–water partition coefficient (Wildman–Crippen LogP) is 2.08. The molecule has 1 aromatic heterocycles. The molecule has 0 bridgehead atoms. The molecule has 0 aliphatic carbocycles. The number of aryl methyl sites for hydroxylation is 1. The molecule has 2 rings (SSSR count). The van der Waals surface area contributed by atoms with Gasteiger partial charge in [0, 0.05) is 5.56 Å². The second kappa shape index (κ2) is 3.82. The number of halogens is 1. The molecule has 4 nitrogen and oxygen atoms in total. The maximum atomic E-state index is 5.70. The van der Waals surface area contributed by atoms with Crippen LogP contribution < -0.4 is 5.73 Å². The normalized spacial score (nSPS) is 10.3. The molecule has 5 heteroatoms. The Labute approximate surface area is 92.2 Å². The molecule has 0 aliphatic heterocycles. The van der Waals surface area contributed by atoms with Crippen LogP contribution in [0.5, 0.6) is 0 Å². The van der Waals surface area contributed by atoms with Gasteiger partial charge in [0.2, 0.25) is 11.2 Å². The Kier molecular flexibility index (Phi) is 2.51. The number of aromatic nitrogens is 3. The van der Waals surface area contributed by atoms with E-state index in [0.717, 1.165) is 11.1 Å². The van der Waals surface area contributed by atoms with E-state index in [1.165, 1.54) is 0 Å². The molecule has 0 saturated carbocycles. The topological polar surface area (TPSA) is 64.7 Å². The molecule has 0 aliphatic rings. The number of hydrogen-bond acceptors (Lipinski definition) is 4. The number of hydrogen-bond donors (Lipinski definition) is 1. The maximum Gasteiger partial charge on any atom is 0.227 e. The van der Waals surface area contributed by atoms with Crippen molar-refractivity contribution in [3.8, 4) is 11.4 Å². The molecule has 15 heavy (non-hydrogen) atoms. The number of nitrogens with zero attached hydrogens (tertiary/aromatic N) is 3. The lowest BCUT2D eigenvalue weighted by Gasteiger charge is -2.02. The summed E-state index contributed by atoms with van der Waals surface area (Å²) >= 11 is 5.70. The average molecular weight is 221 g/mol. The van der Waals surface area contributed by atoms with Crippen LogP contribution in [0.1, 0.15) is 5.56 Å². The van der Waals surface area contributed by atoms with Crippen LogP contribution >= 0.6 is 11.6 Å².